The van der Waals surface area contributed by atoms with Crippen LogP contribution in [-0.2, 0) is 20.8 Å². The highest BCUT2D eigenvalue weighted by atomic mass is 35.5. The molecule has 0 unspecified atom stereocenters. The van der Waals surface area contributed by atoms with Gasteiger partial charge >= 0.3 is 0 Å². The minimum Gasteiger partial charge on any atom is -0.505 e. The number of carbonyl (C=O) groups is 3. The van der Waals surface area contributed by atoms with Gasteiger partial charge in [-0.3, -0.25) is 19.7 Å². The van der Waals surface area contributed by atoms with Crippen LogP contribution in [0, 0.1) is 11.7 Å². The first-order valence-electron chi connectivity index (χ1n) is 14.6. The van der Waals surface area contributed by atoms with Crippen LogP contribution in [0.3, 0.4) is 0 Å². The Morgan fingerprint density at radius 1 is 0.930 bits per heavy atom. The van der Waals surface area contributed by atoms with Crippen molar-refractivity contribution in [3.05, 3.63) is 63.4 Å². The van der Waals surface area contributed by atoms with Crippen LogP contribution in [0.15, 0.2) is 36.4 Å². The van der Waals surface area contributed by atoms with Gasteiger partial charge in [0.05, 0.1) is 28.2 Å². The third kappa shape index (κ3) is 9.33. The first-order valence-corrected chi connectivity index (χ1v) is 15.4. The zero-order valence-electron chi connectivity index (χ0n) is 23.6. The fourth-order valence-electron chi connectivity index (χ4n) is 5.47. The molecule has 7 nitrogen and oxygen atoms in total. The highest BCUT2D eigenvalue weighted by Gasteiger charge is 2.37. The van der Waals surface area contributed by atoms with Gasteiger partial charge < -0.3 is 15.7 Å². The Morgan fingerprint density at radius 3 is 2.14 bits per heavy atom. The van der Waals surface area contributed by atoms with E-state index in [0.29, 0.717) is 5.56 Å². The Hall–Kier alpha value is -2.82. The number of carbonyl (C=O) groups excluding carboxylic acids is 3. The summed E-state index contributed by atoms with van der Waals surface area (Å²) in [6, 6.07) is 3.07. The number of phenolic OH excluding ortho intramolecular Hbond substituents is 1. The highest BCUT2D eigenvalue weighted by Crippen LogP contribution is 2.35. The van der Waals surface area contributed by atoms with Crippen molar-refractivity contribution in [3.63, 3.8) is 0 Å². The quantitative estimate of drug-likeness (QED) is 0.158. The Balaban J connectivity index is 1.58. The molecule has 0 radical (unpaired) electrons. The molecule has 4 rings (SSSR count). The summed E-state index contributed by atoms with van der Waals surface area (Å²) in [4.78, 5) is 40.0. The number of phenols is 1. The summed E-state index contributed by atoms with van der Waals surface area (Å²) in [5.74, 6) is -3.52. The summed E-state index contributed by atoms with van der Waals surface area (Å²) in [6.07, 6.45) is 4.15. The molecule has 12 heteroatoms. The smallest absolute Gasteiger partial charge is 0.289 e. The van der Waals surface area contributed by atoms with Gasteiger partial charge in [-0.1, -0.05) is 79.9 Å². The van der Waals surface area contributed by atoms with Gasteiger partial charge in [-0.25, -0.2) is 13.2 Å². The Kier molecular flexibility index (Phi) is 11.7. The maximum atomic E-state index is 14.6. The van der Waals surface area contributed by atoms with Gasteiger partial charge in [0.1, 0.15) is 5.82 Å². The number of ketones is 1. The Bertz CT molecular complexity index is 1280. The Morgan fingerprint density at radius 2 is 1.56 bits per heavy atom. The van der Waals surface area contributed by atoms with E-state index in [-0.39, 0.29) is 46.2 Å². The van der Waals surface area contributed by atoms with Gasteiger partial charge in [-0.05, 0) is 55.4 Å². The molecule has 0 heterocycles. The lowest BCUT2D eigenvalue weighted by molar-refractivity contribution is -0.141. The summed E-state index contributed by atoms with van der Waals surface area (Å²) in [7, 11) is 0. The normalized spacial score (nSPS) is 18.0. The van der Waals surface area contributed by atoms with E-state index in [9.17, 15) is 32.7 Å². The van der Waals surface area contributed by atoms with E-state index >= 15 is 0 Å². The summed E-state index contributed by atoms with van der Waals surface area (Å²) >= 11 is 12.1. The summed E-state index contributed by atoms with van der Waals surface area (Å²) in [6.45, 7) is 0. The zero-order chi connectivity index (χ0) is 31.1. The second kappa shape index (κ2) is 15.3. The van der Waals surface area contributed by atoms with Crippen LogP contribution in [0.2, 0.25) is 10.0 Å². The second-order valence-corrected chi connectivity index (χ2v) is 12.2. The van der Waals surface area contributed by atoms with Crippen molar-refractivity contribution in [2.45, 2.75) is 94.8 Å². The molecule has 2 saturated carbocycles. The molecule has 0 aromatic heterocycles. The van der Waals surface area contributed by atoms with Crippen molar-refractivity contribution in [1.82, 2.24) is 16.0 Å². The lowest BCUT2D eigenvalue weighted by Crippen LogP contribution is -2.55. The Labute approximate surface area is 258 Å². The maximum Gasteiger partial charge on any atom is 0.289 e. The first-order chi connectivity index (χ1) is 20.5. The van der Waals surface area contributed by atoms with Gasteiger partial charge in [0, 0.05) is 11.6 Å². The SMILES string of the molecule is O=C(NC1CCCCCC1)C(=O)[C@H](CC1CC1)NC(=O)[C@H](Cc1cc(Cl)c(O)c(Cl)c1)N[C@@H](c1ccccc1F)C(F)F. The molecule has 2 aromatic carbocycles. The number of benzene rings is 2. The van der Waals surface area contributed by atoms with Crippen LogP contribution in [0.5, 0.6) is 5.75 Å². The van der Waals surface area contributed by atoms with E-state index in [2.05, 4.69) is 16.0 Å². The van der Waals surface area contributed by atoms with Gasteiger partial charge in [-0.15, -0.1) is 0 Å². The van der Waals surface area contributed by atoms with Gasteiger partial charge in [-0.2, -0.15) is 0 Å². The number of Topliss-reactive ketones (excluding diaryl/α,β-unsaturated/α-hetero) is 1. The predicted molar refractivity (Wildman–Crippen MR) is 158 cm³/mol. The van der Waals surface area contributed by atoms with E-state index < -0.39 is 48.0 Å². The van der Waals surface area contributed by atoms with E-state index in [4.69, 9.17) is 23.2 Å². The molecule has 2 amide bonds. The van der Waals surface area contributed by atoms with Gasteiger partial charge in [0.15, 0.2) is 5.75 Å². The molecular formula is C31H36Cl2F3N3O4. The minimum atomic E-state index is -3.10. The topological polar surface area (TPSA) is 108 Å². The van der Waals surface area contributed by atoms with Crippen molar-refractivity contribution in [2.75, 3.05) is 0 Å². The van der Waals surface area contributed by atoms with Crippen LogP contribution in [-0.4, -0.2) is 47.3 Å². The van der Waals surface area contributed by atoms with Crippen LogP contribution >= 0.6 is 23.2 Å². The molecule has 2 aliphatic carbocycles. The number of nitrogens with one attached hydrogen (secondary N) is 3. The standard InChI is InChI=1S/C31H36Cl2F3N3O4/c32-21-13-18(14-22(33)27(21)40)16-25(38-26(29(35)36)20-9-5-6-10-23(20)34)30(42)39-24(15-17-11-12-17)28(41)31(43)37-19-7-3-1-2-4-8-19/h5-6,9-10,13-14,17,19,24-26,29,38,40H,1-4,7-8,11-12,15-16H2,(H,37,43)(H,39,42)/t24-,25-,26-/m0/s1. The van der Waals surface area contributed by atoms with Crippen LogP contribution in [0.1, 0.15) is 75.0 Å². The fraction of sp³-hybridized carbons (Fsp3) is 0.516. The lowest BCUT2D eigenvalue weighted by Gasteiger charge is -2.28. The molecule has 2 fully saturated rings. The molecule has 2 aromatic rings. The molecule has 0 spiro atoms. The molecule has 3 atom stereocenters. The van der Waals surface area contributed by atoms with Crippen LogP contribution < -0.4 is 16.0 Å². The van der Waals surface area contributed by atoms with Gasteiger partial charge in [0.25, 0.3) is 12.3 Å². The highest BCUT2D eigenvalue weighted by molar-refractivity contribution is 6.38. The molecule has 234 valence electrons. The van der Waals surface area contributed by atoms with E-state index in [1.54, 1.807) is 0 Å². The van der Waals surface area contributed by atoms with Crippen LogP contribution in [0.4, 0.5) is 13.2 Å². The fourth-order valence-corrected chi connectivity index (χ4v) is 6.00. The average Bonchev–Trinajstić information content (AvgIpc) is 3.81. The van der Waals surface area contributed by atoms with Crippen molar-refractivity contribution in [2.24, 2.45) is 5.92 Å². The van der Waals surface area contributed by atoms with Crippen molar-refractivity contribution in [1.29, 1.82) is 0 Å². The largest absolute Gasteiger partial charge is 0.505 e. The number of rotatable bonds is 13. The number of hydrogen-bond acceptors (Lipinski definition) is 5. The average molecular weight is 643 g/mol. The number of alkyl halides is 2. The summed E-state index contributed by atoms with van der Waals surface area (Å²) in [5, 5.41) is 17.7. The van der Waals surface area contributed by atoms with Crippen LogP contribution in [0.25, 0.3) is 0 Å². The summed E-state index contributed by atoms with van der Waals surface area (Å²) < 4.78 is 43.2. The minimum absolute atomic E-state index is 0.113. The molecule has 2 aliphatic rings. The summed E-state index contributed by atoms with van der Waals surface area (Å²) in [5.41, 5.74) is -0.0244. The number of amides is 2. The third-order valence-electron chi connectivity index (χ3n) is 8.02. The number of aromatic hydroxyl groups is 1. The predicted octanol–water partition coefficient (Wildman–Crippen LogP) is 6.04. The zero-order valence-corrected chi connectivity index (χ0v) is 25.1. The van der Waals surface area contributed by atoms with E-state index in [0.717, 1.165) is 57.4 Å². The monoisotopic (exact) mass is 641 g/mol. The van der Waals surface area contributed by atoms with Crippen molar-refractivity contribution in [3.8, 4) is 5.75 Å². The molecule has 0 aliphatic heterocycles. The molecular weight excluding hydrogens is 606 g/mol. The lowest BCUT2D eigenvalue weighted by atomic mass is 9.99. The number of hydrogen-bond donors (Lipinski definition) is 4. The van der Waals surface area contributed by atoms with Crippen molar-refractivity contribution >= 4 is 40.8 Å². The van der Waals surface area contributed by atoms with E-state index in [1.165, 1.54) is 30.3 Å². The van der Waals surface area contributed by atoms with Gasteiger partial charge in [0.2, 0.25) is 11.7 Å². The third-order valence-corrected chi connectivity index (χ3v) is 8.60. The van der Waals surface area contributed by atoms with Crippen molar-refractivity contribution < 1.29 is 32.7 Å². The second-order valence-electron chi connectivity index (χ2n) is 11.4. The molecule has 43 heavy (non-hydrogen) atoms. The molecule has 4 N–H and O–H groups in total. The number of halogens is 5. The maximum absolute atomic E-state index is 14.6. The first kappa shape index (κ1) is 33.1. The molecule has 0 bridgehead atoms. The van der Waals surface area contributed by atoms with E-state index in [1.807, 2.05) is 0 Å². The molecule has 0 saturated heterocycles.